The van der Waals surface area contributed by atoms with Crippen LogP contribution in [0, 0.1) is 0 Å². The SMILES string of the molecule is CCCCCCC/C=C/CC/C=C/CC/C=C/C(O)C(CO)NC(=O)CC/C=C\C/C=C\CCCCCCCC. The molecule has 0 aliphatic carbocycles. The van der Waals surface area contributed by atoms with E-state index in [4.69, 9.17) is 0 Å². The van der Waals surface area contributed by atoms with E-state index < -0.39 is 12.1 Å². The number of hydrogen-bond acceptors (Lipinski definition) is 3. The van der Waals surface area contributed by atoms with Crippen LogP contribution in [0.25, 0.3) is 0 Å². The van der Waals surface area contributed by atoms with E-state index in [1.54, 1.807) is 6.08 Å². The van der Waals surface area contributed by atoms with Crippen LogP contribution in [0.3, 0.4) is 0 Å². The molecular formula is C36H63NO3. The smallest absolute Gasteiger partial charge is 0.220 e. The Balaban J connectivity index is 3.86. The quantitative estimate of drug-likeness (QED) is 0.0663. The number of aliphatic hydroxyl groups excluding tert-OH is 2. The molecule has 0 aromatic heterocycles. The van der Waals surface area contributed by atoms with Gasteiger partial charge in [-0.1, -0.05) is 132 Å². The third-order valence-corrected chi connectivity index (χ3v) is 6.96. The Bertz CT molecular complexity index is 692. The lowest BCUT2D eigenvalue weighted by Crippen LogP contribution is -2.45. The van der Waals surface area contributed by atoms with Gasteiger partial charge in [0.2, 0.25) is 5.91 Å². The number of amides is 1. The molecule has 0 fully saturated rings. The molecule has 0 bridgehead atoms. The molecule has 3 N–H and O–H groups in total. The minimum atomic E-state index is -0.891. The summed E-state index contributed by atoms with van der Waals surface area (Å²) in [5.74, 6) is -0.150. The monoisotopic (exact) mass is 557 g/mol. The maximum atomic E-state index is 12.2. The fourth-order valence-electron chi connectivity index (χ4n) is 4.37. The normalized spacial score (nSPS) is 14.0. The molecule has 0 aliphatic heterocycles. The molecule has 0 aromatic rings. The van der Waals surface area contributed by atoms with Crippen molar-refractivity contribution in [3.8, 4) is 0 Å². The average Bonchev–Trinajstić information content (AvgIpc) is 2.96. The number of carbonyl (C=O) groups excluding carboxylic acids is 1. The summed E-state index contributed by atoms with van der Waals surface area (Å²) in [6, 6.07) is -0.674. The summed E-state index contributed by atoms with van der Waals surface area (Å²) in [4.78, 5) is 12.2. The third-order valence-electron chi connectivity index (χ3n) is 6.96. The maximum Gasteiger partial charge on any atom is 0.220 e. The van der Waals surface area contributed by atoms with Gasteiger partial charge in [0.1, 0.15) is 0 Å². The van der Waals surface area contributed by atoms with E-state index in [2.05, 4.69) is 61.7 Å². The van der Waals surface area contributed by atoms with Crippen molar-refractivity contribution in [3.63, 3.8) is 0 Å². The van der Waals surface area contributed by atoms with Crippen molar-refractivity contribution in [2.45, 2.75) is 154 Å². The van der Waals surface area contributed by atoms with Crippen LogP contribution in [0.15, 0.2) is 60.8 Å². The highest BCUT2D eigenvalue weighted by molar-refractivity contribution is 5.76. The summed E-state index contributed by atoms with van der Waals surface area (Å²) in [5, 5.41) is 22.7. The van der Waals surface area contributed by atoms with E-state index in [1.807, 2.05) is 12.2 Å². The predicted molar refractivity (Wildman–Crippen MR) is 174 cm³/mol. The number of carbonyl (C=O) groups is 1. The van der Waals surface area contributed by atoms with Gasteiger partial charge in [-0.25, -0.2) is 0 Å². The first kappa shape index (κ1) is 38.1. The fourth-order valence-corrected chi connectivity index (χ4v) is 4.37. The van der Waals surface area contributed by atoms with Gasteiger partial charge in [0, 0.05) is 6.42 Å². The second-order valence-corrected chi connectivity index (χ2v) is 10.8. The lowest BCUT2D eigenvalue weighted by atomic mass is 10.1. The molecule has 40 heavy (non-hydrogen) atoms. The van der Waals surface area contributed by atoms with Crippen LogP contribution < -0.4 is 5.32 Å². The zero-order valence-corrected chi connectivity index (χ0v) is 26.1. The predicted octanol–water partition coefficient (Wildman–Crippen LogP) is 9.45. The van der Waals surface area contributed by atoms with Gasteiger partial charge in [0.25, 0.3) is 0 Å². The van der Waals surface area contributed by atoms with E-state index in [0.29, 0.717) is 12.8 Å². The first-order valence-corrected chi connectivity index (χ1v) is 16.5. The van der Waals surface area contributed by atoms with E-state index in [0.717, 1.165) is 38.5 Å². The Morgan fingerprint density at radius 3 is 1.60 bits per heavy atom. The Morgan fingerprint density at radius 2 is 1.05 bits per heavy atom. The standard InChI is InChI=1S/C36H63NO3/c1-3-5-7-9-11-13-15-17-18-20-21-23-25-27-29-31-35(39)34(33-38)37-36(40)32-30-28-26-24-22-19-16-14-12-10-8-6-4-2/h15,17,19,21-23,26,28-29,31,34-35,38-39H,3-14,16,18,20,24-25,27,30,32-33H2,1-2H3,(H,37,40)/b17-15+,22-19-,23-21+,28-26-,31-29+. The van der Waals surface area contributed by atoms with Gasteiger partial charge in [0.05, 0.1) is 18.8 Å². The minimum absolute atomic E-state index is 0.150. The summed E-state index contributed by atoms with van der Waals surface area (Å²) in [7, 11) is 0. The maximum absolute atomic E-state index is 12.2. The Kier molecular flexibility index (Phi) is 30.1. The largest absolute Gasteiger partial charge is 0.394 e. The van der Waals surface area contributed by atoms with Gasteiger partial charge < -0.3 is 15.5 Å². The lowest BCUT2D eigenvalue weighted by Gasteiger charge is -2.19. The number of allylic oxidation sites excluding steroid dienone is 9. The fraction of sp³-hybridized carbons (Fsp3) is 0.694. The molecule has 0 aromatic carbocycles. The van der Waals surface area contributed by atoms with Gasteiger partial charge in [-0.15, -0.1) is 0 Å². The summed E-state index contributed by atoms with van der Waals surface area (Å²) in [6.45, 7) is 4.21. The summed E-state index contributed by atoms with van der Waals surface area (Å²) >= 11 is 0. The lowest BCUT2D eigenvalue weighted by molar-refractivity contribution is -0.122. The molecule has 0 radical (unpaired) electrons. The van der Waals surface area contributed by atoms with E-state index >= 15 is 0 Å². The molecule has 0 saturated heterocycles. The molecular weight excluding hydrogens is 494 g/mol. The first-order valence-electron chi connectivity index (χ1n) is 16.5. The molecule has 4 nitrogen and oxygen atoms in total. The number of nitrogens with one attached hydrogen (secondary N) is 1. The van der Waals surface area contributed by atoms with Crippen molar-refractivity contribution in [3.05, 3.63) is 60.8 Å². The van der Waals surface area contributed by atoms with E-state index in [9.17, 15) is 15.0 Å². The zero-order valence-electron chi connectivity index (χ0n) is 26.1. The summed E-state index contributed by atoms with van der Waals surface area (Å²) in [5.41, 5.74) is 0. The second-order valence-electron chi connectivity index (χ2n) is 10.8. The average molecular weight is 558 g/mol. The highest BCUT2D eigenvalue weighted by Crippen LogP contribution is 2.08. The molecule has 230 valence electrons. The molecule has 0 spiro atoms. The van der Waals surface area contributed by atoms with Crippen LogP contribution in [0.1, 0.15) is 142 Å². The first-order chi connectivity index (χ1) is 19.7. The van der Waals surface area contributed by atoms with Crippen LogP contribution in [0.2, 0.25) is 0 Å². The van der Waals surface area contributed by atoms with Crippen molar-refractivity contribution in [1.82, 2.24) is 5.32 Å². The number of unbranched alkanes of at least 4 members (excludes halogenated alkanes) is 13. The third kappa shape index (κ3) is 27.6. The van der Waals surface area contributed by atoms with Gasteiger partial charge >= 0.3 is 0 Å². The van der Waals surface area contributed by atoms with E-state index in [1.165, 1.54) is 77.0 Å². The van der Waals surface area contributed by atoms with Gasteiger partial charge in [-0.3, -0.25) is 4.79 Å². The van der Waals surface area contributed by atoms with Crippen LogP contribution in [-0.2, 0) is 4.79 Å². The number of hydrogen-bond donors (Lipinski definition) is 3. The number of aliphatic hydroxyl groups is 2. The van der Waals surface area contributed by atoms with Crippen LogP contribution in [0.5, 0.6) is 0 Å². The molecule has 0 heterocycles. The molecule has 2 unspecified atom stereocenters. The molecule has 0 saturated carbocycles. The van der Waals surface area contributed by atoms with Crippen molar-refractivity contribution in [1.29, 1.82) is 0 Å². The molecule has 2 atom stereocenters. The Labute approximate surface area is 247 Å². The number of rotatable bonds is 28. The van der Waals surface area contributed by atoms with Crippen molar-refractivity contribution >= 4 is 5.91 Å². The van der Waals surface area contributed by atoms with Crippen LogP contribution in [-0.4, -0.2) is 34.9 Å². The Morgan fingerprint density at radius 1 is 0.600 bits per heavy atom. The molecule has 0 rings (SSSR count). The second kappa shape index (κ2) is 31.6. The molecule has 4 heteroatoms. The Hall–Kier alpha value is -1.91. The summed E-state index contributed by atoms with van der Waals surface area (Å²) in [6.07, 6.45) is 43.0. The topological polar surface area (TPSA) is 69.6 Å². The van der Waals surface area contributed by atoms with E-state index in [-0.39, 0.29) is 12.5 Å². The zero-order chi connectivity index (χ0) is 29.4. The van der Waals surface area contributed by atoms with Crippen molar-refractivity contribution in [2.75, 3.05) is 6.61 Å². The molecule has 0 aliphatic rings. The van der Waals surface area contributed by atoms with Crippen molar-refractivity contribution < 1.29 is 15.0 Å². The molecule has 1 amide bonds. The van der Waals surface area contributed by atoms with Gasteiger partial charge in [0.15, 0.2) is 0 Å². The van der Waals surface area contributed by atoms with Crippen LogP contribution in [0.4, 0.5) is 0 Å². The minimum Gasteiger partial charge on any atom is -0.394 e. The highest BCUT2D eigenvalue weighted by Gasteiger charge is 2.17. The van der Waals surface area contributed by atoms with Crippen molar-refractivity contribution in [2.24, 2.45) is 0 Å². The van der Waals surface area contributed by atoms with Gasteiger partial charge in [-0.2, -0.15) is 0 Å². The summed E-state index contributed by atoms with van der Waals surface area (Å²) < 4.78 is 0. The van der Waals surface area contributed by atoms with Gasteiger partial charge in [-0.05, 0) is 64.2 Å². The highest BCUT2D eigenvalue weighted by atomic mass is 16.3. The van der Waals surface area contributed by atoms with Crippen LogP contribution >= 0.6 is 0 Å².